The number of hydrogen-bond acceptors (Lipinski definition) is 2. The number of rotatable bonds is 5. The average molecular weight is 220 g/mol. The lowest BCUT2D eigenvalue weighted by atomic mass is 10.1. The Morgan fingerprint density at radius 1 is 1.31 bits per heavy atom. The highest BCUT2D eigenvalue weighted by Crippen LogP contribution is 2.22. The van der Waals surface area contributed by atoms with Crippen molar-refractivity contribution in [2.24, 2.45) is 0 Å². The van der Waals surface area contributed by atoms with Gasteiger partial charge in [0.05, 0.1) is 0 Å². The lowest BCUT2D eigenvalue weighted by Crippen LogP contribution is -2.26. The summed E-state index contributed by atoms with van der Waals surface area (Å²) in [5, 5.41) is 0. The summed E-state index contributed by atoms with van der Waals surface area (Å²) < 4.78 is 5.83. The second-order valence-electron chi connectivity index (χ2n) is 4.52. The molecule has 0 aliphatic rings. The second-order valence-corrected chi connectivity index (χ2v) is 4.52. The van der Waals surface area contributed by atoms with Gasteiger partial charge in [0.1, 0.15) is 11.4 Å². The molecule has 0 amide bonds. The van der Waals surface area contributed by atoms with Crippen LogP contribution in [0.1, 0.15) is 50.9 Å². The zero-order valence-electron chi connectivity index (χ0n) is 10.5. The zero-order valence-corrected chi connectivity index (χ0v) is 10.5. The van der Waals surface area contributed by atoms with Crippen molar-refractivity contribution in [3.05, 3.63) is 29.8 Å². The molecular weight excluding hydrogens is 200 g/mol. The van der Waals surface area contributed by atoms with Crippen LogP contribution in [0, 0.1) is 0 Å². The Balaban J connectivity index is 2.87. The Bertz CT molecular complexity index is 367. The van der Waals surface area contributed by atoms with Crippen LogP contribution >= 0.6 is 0 Å². The van der Waals surface area contributed by atoms with Crippen molar-refractivity contribution in [1.82, 2.24) is 0 Å². The van der Waals surface area contributed by atoms with Gasteiger partial charge in [-0.3, -0.25) is 4.79 Å². The van der Waals surface area contributed by atoms with Crippen molar-refractivity contribution in [2.45, 2.75) is 46.1 Å². The predicted octanol–water partition coefficient (Wildman–Crippen LogP) is 3.85. The Kier molecular flexibility index (Phi) is 4.11. The third-order valence-corrected chi connectivity index (χ3v) is 2.72. The van der Waals surface area contributed by atoms with Crippen molar-refractivity contribution in [1.29, 1.82) is 0 Å². The first-order valence-corrected chi connectivity index (χ1v) is 5.81. The third-order valence-electron chi connectivity index (χ3n) is 2.72. The topological polar surface area (TPSA) is 26.3 Å². The molecule has 2 heteroatoms. The largest absolute Gasteiger partial charge is 0.488 e. The highest BCUT2D eigenvalue weighted by Gasteiger charge is 2.17. The molecule has 88 valence electrons. The summed E-state index contributed by atoms with van der Waals surface area (Å²) in [6.07, 6.45) is 1.46. The van der Waals surface area contributed by atoms with E-state index < -0.39 is 0 Å². The van der Waals surface area contributed by atoms with Gasteiger partial charge in [0, 0.05) is 12.0 Å². The molecule has 0 radical (unpaired) electrons. The number of carbonyl (C=O) groups is 1. The summed E-state index contributed by atoms with van der Waals surface area (Å²) in [5.41, 5.74) is 0.542. The molecular formula is C14H20O2. The SMILES string of the molecule is CCC(=O)c1cccc(OC(C)(C)CC)c1. The van der Waals surface area contributed by atoms with Crippen LogP contribution in [0.5, 0.6) is 5.75 Å². The van der Waals surface area contributed by atoms with E-state index in [-0.39, 0.29) is 11.4 Å². The Labute approximate surface area is 97.6 Å². The van der Waals surface area contributed by atoms with Crippen molar-refractivity contribution in [2.75, 3.05) is 0 Å². The standard InChI is InChI=1S/C14H20O2/c1-5-13(15)11-8-7-9-12(10-11)16-14(3,4)6-2/h7-10H,5-6H2,1-4H3. The molecule has 0 spiro atoms. The fourth-order valence-electron chi connectivity index (χ4n) is 1.33. The van der Waals surface area contributed by atoms with Crippen LogP contribution in [0.15, 0.2) is 24.3 Å². The summed E-state index contributed by atoms with van der Waals surface area (Å²) >= 11 is 0. The molecule has 0 saturated carbocycles. The van der Waals surface area contributed by atoms with E-state index in [1.54, 1.807) is 0 Å². The summed E-state index contributed by atoms with van der Waals surface area (Å²) in [4.78, 5) is 11.5. The van der Waals surface area contributed by atoms with Crippen molar-refractivity contribution >= 4 is 5.78 Å². The van der Waals surface area contributed by atoms with Gasteiger partial charge < -0.3 is 4.74 Å². The fraction of sp³-hybridized carbons (Fsp3) is 0.500. The van der Waals surface area contributed by atoms with Crippen LogP contribution in [0.2, 0.25) is 0 Å². The molecule has 0 heterocycles. The maximum Gasteiger partial charge on any atom is 0.162 e. The maximum absolute atomic E-state index is 11.5. The van der Waals surface area contributed by atoms with Crippen LogP contribution in [0.4, 0.5) is 0 Å². The Morgan fingerprint density at radius 2 is 2.00 bits per heavy atom. The molecule has 0 fully saturated rings. The molecule has 0 N–H and O–H groups in total. The van der Waals surface area contributed by atoms with E-state index in [0.717, 1.165) is 17.7 Å². The summed E-state index contributed by atoms with van der Waals surface area (Å²) in [6.45, 7) is 8.04. The summed E-state index contributed by atoms with van der Waals surface area (Å²) in [5.74, 6) is 0.922. The number of Topliss-reactive ketones (excluding diaryl/α,β-unsaturated/α-hetero) is 1. The van der Waals surface area contributed by atoms with Gasteiger partial charge in [0.15, 0.2) is 5.78 Å². The van der Waals surface area contributed by atoms with E-state index in [4.69, 9.17) is 4.74 Å². The minimum atomic E-state index is -0.187. The van der Waals surface area contributed by atoms with Gasteiger partial charge in [0.25, 0.3) is 0 Å². The first-order valence-electron chi connectivity index (χ1n) is 5.81. The number of hydrogen-bond donors (Lipinski definition) is 0. The lowest BCUT2D eigenvalue weighted by Gasteiger charge is -2.25. The first kappa shape index (κ1) is 12.8. The van der Waals surface area contributed by atoms with E-state index in [0.29, 0.717) is 6.42 Å². The lowest BCUT2D eigenvalue weighted by molar-refractivity contribution is 0.0975. The molecule has 0 bridgehead atoms. The number of benzene rings is 1. The first-order chi connectivity index (χ1) is 7.48. The zero-order chi connectivity index (χ0) is 12.2. The molecule has 0 saturated heterocycles. The normalized spacial score (nSPS) is 11.2. The molecule has 0 atom stereocenters. The molecule has 1 aromatic carbocycles. The Morgan fingerprint density at radius 3 is 2.56 bits per heavy atom. The summed E-state index contributed by atoms with van der Waals surface area (Å²) in [6, 6.07) is 7.41. The predicted molar refractivity (Wildman–Crippen MR) is 66.1 cm³/mol. The van der Waals surface area contributed by atoms with Gasteiger partial charge in [-0.25, -0.2) is 0 Å². The minimum Gasteiger partial charge on any atom is -0.488 e. The number of carbonyl (C=O) groups excluding carboxylic acids is 1. The van der Waals surface area contributed by atoms with E-state index in [2.05, 4.69) is 6.92 Å². The quantitative estimate of drug-likeness (QED) is 0.704. The third kappa shape index (κ3) is 3.37. The molecule has 0 aliphatic carbocycles. The Hall–Kier alpha value is -1.31. The van der Waals surface area contributed by atoms with Gasteiger partial charge in [-0.2, -0.15) is 0 Å². The smallest absolute Gasteiger partial charge is 0.162 e. The molecule has 2 nitrogen and oxygen atoms in total. The highest BCUT2D eigenvalue weighted by molar-refractivity contribution is 5.96. The molecule has 1 rings (SSSR count). The minimum absolute atomic E-state index is 0.153. The van der Waals surface area contributed by atoms with Gasteiger partial charge in [-0.15, -0.1) is 0 Å². The van der Waals surface area contributed by atoms with E-state index in [1.807, 2.05) is 45.0 Å². The van der Waals surface area contributed by atoms with Crippen molar-refractivity contribution < 1.29 is 9.53 Å². The van der Waals surface area contributed by atoms with E-state index in [9.17, 15) is 4.79 Å². The van der Waals surface area contributed by atoms with Crippen molar-refractivity contribution in [3.8, 4) is 5.75 Å². The molecule has 1 aromatic rings. The van der Waals surface area contributed by atoms with Gasteiger partial charge >= 0.3 is 0 Å². The monoisotopic (exact) mass is 220 g/mol. The van der Waals surface area contributed by atoms with Crippen LogP contribution < -0.4 is 4.74 Å². The molecule has 0 aliphatic heterocycles. The van der Waals surface area contributed by atoms with Crippen LogP contribution in [-0.4, -0.2) is 11.4 Å². The van der Waals surface area contributed by atoms with E-state index >= 15 is 0 Å². The van der Waals surface area contributed by atoms with Crippen LogP contribution in [0.25, 0.3) is 0 Å². The molecule has 0 aromatic heterocycles. The van der Waals surface area contributed by atoms with Crippen LogP contribution in [0.3, 0.4) is 0 Å². The highest BCUT2D eigenvalue weighted by atomic mass is 16.5. The molecule has 16 heavy (non-hydrogen) atoms. The number of ether oxygens (including phenoxy) is 1. The van der Waals surface area contributed by atoms with Gasteiger partial charge in [-0.1, -0.05) is 26.0 Å². The second kappa shape index (κ2) is 5.15. The molecule has 0 unspecified atom stereocenters. The van der Waals surface area contributed by atoms with Crippen molar-refractivity contribution in [3.63, 3.8) is 0 Å². The van der Waals surface area contributed by atoms with E-state index in [1.165, 1.54) is 0 Å². The van der Waals surface area contributed by atoms with Gasteiger partial charge in [-0.05, 0) is 32.4 Å². The summed E-state index contributed by atoms with van der Waals surface area (Å²) in [7, 11) is 0. The van der Waals surface area contributed by atoms with Crippen LogP contribution in [-0.2, 0) is 0 Å². The fourth-order valence-corrected chi connectivity index (χ4v) is 1.33. The van der Waals surface area contributed by atoms with Gasteiger partial charge in [0.2, 0.25) is 0 Å². The average Bonchev–Trinajstić information content (AvgIpc) is 2.28. The maximum atomic E-state index is 11.5. The number of ketones is 1.